The highest BCUT2D eigenvalue weighted by molar-refractivity contribution is 7.33. The summed E-state index contributed by atoms with van der Waals surface area (Å²) in [6, 6.07) is 8.50. The van der Waals surface area contributed by atoms with E-state index >= 15 is 0 Å². The maximum atomic E-state index is 4.54. The van der Waals surface area contributed by atoms with Gasteiger partial charge >= 0.3 is 0 Å². The minimum absolute atomic E-state index is 0.709. The molecular formula is C16H14N2P2. The van der Waals surface area contributed by atoms with Crippen molar-refractivity contribution in [3.8, 4) is 10.9 Å². The van der Waals surface area contributed by atoms with Crippen molar-refractivity contribution >= 4 is 33.8 Å². The highest BCUT2D eigenvalue weighted by Gasteiger charge is 2.10. The van der Waals surface area contributed by atoms with Crippen LogP contribution in [0.25, 0.3) is 27.2 Å². The van der Waals surface area contributed by atoms with Gasteiger partial charge in [-0.05, 0) is 11.1 Å². The van der Waals surface area contributed by atoms with E-state index in [0.717, 1.165) is 21.9 Å². The molecule has 2 unspecified atom stereocenters. The van der Waals surface area contributed by atoms with Crippen LogP contribution in [-0.2, 0) is 0 Å². The molecule has 0 radical (unpaired) electrons. The van der Waals surface area contributed by atoms with Crippen LogP contribution in [0.1, 0.15) is 5.56 Å². The molecule has 2 nitrogen and oxygen atoms in total. The Labute approximate surface area is 122 Å². The smallest absolute Gasteiger partial charge is 0.0974 e. The molecule has 0 aliphatic carbocycles. The van der Waals surface area contributed by atoms with Crippen LogP contribution < -0.4 is 0 Å². The van der Waals surface area contributed by atoms with E-state index in [1.54, 1.807) is 18.5 Å². The lowest BCUT2D eigenvalue weighted by Gasteiger charge is -2.09. The van der Waals surface area contributed by atoms with Crippen molar-refractivity contribution in [3.63, 3.8) is 0 Å². The van der Waals surface area contributed by atoms with Gasteiger partial charge in [-0.2, -0.15) is 0 Å². The molecule has 1 aromatic carbocycles. The number of hydrogen-bond donors (Lipinski definition) is 0. The molecule has 0 aliphatic rings. The van der Waals surface area contributed by atoms with Crippen LogP contribution in [0.5, 0.6) is 0 Å². The molecule has 0 saturated carbocycles. The maximum Gasteiger partial charge on any atom is 0.0974 e. The fraction of sp³-hybridized carbons (Fsp3) is 0. The Kier molecular flexibility index (Phi) is 3.78. The first-order chi connectivity index (χ1) is 9.81. The van der Waals surface area contributed by atoms with Gasteiger partial charge in [0.15, 0.2) is 0 Å². The number of benzene rings is 1. The standard InChI is InChI=1S/C16H14N2P2/c1-2-4-13(19)11-6-7-12(14-5-3-10-20-14)16-15(11)17-8-9-18-16/h2-10,20H,1,19H2/b13-4-. The fourth-order valence-corrected chi connectivity index (χ4v) is 3.51. The summed E-state index contributed by atoms with van der Waals surface area (Å²) >= 11 is 0. The molecule has 0 N–H and O–H groups in total. The van der Waals surface area contributed by atoms with Crippen LogP contribution >= 0.6 is 17.4 Å². The lowest BCUT2D eigenvalue weighted by atomic mass is 10.1. The van der Waals surface area contributed by atoms with E-state index in [9.17, 15) is 0 Å². The van der Waals surface area contributed by atoms with Crippen molar-refractivity contribution in [2.75, 3.05) is 0 Å². The lowest BCUT2D eigenvalue weighted by molar-refractivity contribution is 1.29. The van der Waals surface area contributed by atoms with Gasteiger partial charge in [0.25, 0.3) is 0 Å². The van der Waals surface area contributed by atoms with Crippen LogP contribution in [0.3, 0.4) is 0 Å². The molecule has 0 saturated heterocycles. The van der Waals surface area contributed by atoms with Gasteiger partial charge in [-0.1, -0.05) is 43.0 Å². The normalized spacial score (nSPS) is 12.2. The Morgan fingerprint density at radius 3 is 2.65 bits per heavy atom. The summed E-state index contributed by atoms with van der Waals surface area (Å²) in [7, 11) is 3.45. The molecule has 0 aliphatic heterocycles. The second-order valence-corrected chi connectivity index (χ2v) is 6.14. The van der Waals surface area contributed by atoms with Gasteiger partial charge in [0.2, 0.25) is 0 Å². The molecular weight excluding hydrogens is 282 g/mol. The second-order valence-electron chi connectivity index (χ2n) is 4.36. The van der Waals surface area contributed by atoms with Gasteiger partial charge in [-0.3, -0.25) is 9.97 Å². The van der Waals surface area contributed by atoms with Gasteiger partial charge in [0.05, 0.1) is 11.0 Å². The molecule has 0 fully saturated rings. The molecule has 3 aromatic rings. The maximum absolute atomic E-state index is 4.54. The molecule has 2 atom stereocenters. The molecule has 0 spiro atoms. The largest absolute Gasteiger partial charge is 0.252 e. The fourth-order valence-electron chi connectivity index (χ4n) is 2.22. The van der Waals surface area contributed by atoms with E-state index in [-0.39, 0.29) is 0 Å². The third-order valence-corrected chi connectivity index (χ3v) is 4.73. The van der Waals surface area contributed by atoms with Crippen molar-refractivity contribution in [3.05, 3.63) is 66.8 Å². The second kappa shape index (κ2) is 5.71. The summed E-state index contributed by atoms with van der Waals surface area (Å²) in [5, 5.41) is 2.39. The first-order valence-corrected chi connectivity index (χ1v) is 7.93. The number of hydrogen-bond acceptors (Lipinski definition) is 2. The van der Waals surface area contributed by atoms with Crippen molar-refractivity contribution < 1.29 is 0 Å². The van der Waals surface area contributed by atoms with Crippen LogP contribution in [0, 0.1) is 0 Å². The molecule has 2 aromatic heterocycles. The molecule has 0 amide bonds. The third kappa shape index (κ3) is 2.33. The molecule has 0 bridgehead atoms. The Balaban J connectivity index is 2.31. The molecule has 2 heterocycles. The summed E-state index contributed by atoms with van der Waals surface area (Å²) in [6.07, 6.45) is 7.24. The van der Waals surface area contributed by atoms with E-state index in [2.05, 4.69) is 55.9 Å². The lowest BCUT2D eigenvalue weighted by Crippen LogP contribution is -1.90. The van der Waals surface area contributed by atoms with Crippen molar-refractivity contribution in [2.45, 2.75) is 0 Å². The predicted molar refractivity (Wildman–Crippen MR) is 92.4 cm³/mol. The molecule has 98 valence electrons. The first-order valence-electron chi connectivity index (χ1n) is 6.27. The zero-order valence-corrected chi connectivity index (χ0v) is 13.0. The van der Waals surface area contributed by atoms with Crippen LogP contribution in [0.15, 0.2) is 61.2 Å². The van der Waals surface area contributed by atoms with Crippen LogP contribution in [-0.4, -0.2) is 9.97 Å². The van der Waals surface area contributed by atoms with Gasteiger partial charge < -0.3 is 0 Å². The number of rotatable bonds is 3. The highest BCUT2D eigenvalue weighted by Crippen LogP contribution is 2.36. The third-order valence-electron chi connectivity index (χ3n) is 3.12. The number of fused-ring (bicyclic) bond motifs is 1. The average molecular weight is 296 g/mol. The van der Waals surface area contributed by atoms with Gasteiger partial charge in [0.1, 0.15) is 0 Å². The summed E-state index contributed by atoms with van der Waals surface area (Å²) in [5.74, 6) is 2.18. The number of allylic oxidation sites excluding steroid dienone is 2. The zero-order valence-electron chi connectivity index (χ0n) is 10.9. The topological polar surface area (TPSA) is 25.8 Å². The Hall–Kier alpha value is -1.75. The van der Waals surface area contributed by atoms with E-state index < -0.39 is 0 Å². The minimum atomic E-state index is 0.709. The minimum Gasteiger partial charge on any atom is -0.252 e. The van der Waals surface area contributed by atoms with E-state index in [4.69, 9.17) is 0 Å². The number of aromatic nitrogens is 2. The van der Waals surface area contributed by atoms with Gasteiger partial charge in [-0.15, -0.1) is 17.4 Å². The SMILES string of the molecule is C=C/C=C(\P)c1ccc(-c2ccc[pH]2)c2nccnc12. The van der Waals surface area contributed by atoms with E-state index in [1.165, 1.54) is 10.9 Å². The zero-order chi connectivity index (χ0) is 13.9. The van der Waals surface area contributed by atoms with Crippen LogP contribution in [0.4, 0.5) is 0 Å². The highest BCUT2D eigenvalue weighted by atomic mass is 31.0. The Bertz CT molecular complexity index is 789. The predicted octanol–water partition coefficient (Wildman–Crippen LogP) is 4.73. The molecule has 4 heteroatoms. The summed E-state index contributed by atoms with van der Waals surface area (Å²) in [6.45, 7) is 3.74. The monoisotopic (exact) mass is 296 g/mol. The average Bonchev–Trinajstić information content (AvgIpc) is 3.00. The summed E-state index contributed by atoms with van der Waals surface area (Å²) in [5.41, 5.74) is 4.16. The summed E-state index contributed by atoms with van der Waals surface area (Å²) < 4.78 is 0. The quantitative estimate of drug-likeness (QED) is 0.516. The van der Waals surface area contributed by atoms with Crippen molar-refractivity contribution in [1.82, 2.24) is 9.97 Å². The van der Waals surface area contributed by atoms with Crippen molar-refractivity contribution in [1.29, 1.82) is 0 Å². The molecule has 20 heavy (non-hydrogen) atoms. The van der Waals surface area contributed by atoms with Crippen molar-refractivity contribution in [2.24, 2.45) is 0 Å². The van der Waals surface area contributed by atoms with E-state index in [1.807, 2.05) is 6.08 Å². The Morgan fingerprint density at radius 1 is 1.15 bits per heavy atom. The van der Waals surface area contributed by atoms with Gasteiger partial charge in [0, 0.05) is 28.8 Å². The Morgan fingerprint density at radius 2 is 1.95 bits per heavy atom. The van der Waals surface area contributed by atoms with Gasteiger partial charge in [-0.25, -0.2) is 0 Å². The van der Waals surface area contributed by atoms with E-state index in [0.29, 0.717) is 8.19 Å². The van der Waals surface area contributed by atoms with Crippen LogP contribution in [0.2, 0.25) is 0 Å². The molecule has 3 rings (SSSR count). The first kappa shape index (κ1) is 13.2. The number of nitrogens with zero attached hydrogens (tertiary/aromatic N) is 2. The summed E-state index contributed by atoms with van der Waals surface area (Å²) in [4.78, 5) is 9.06.